The van der Waals surface area contributed by atoms with Crippen LogP contribution in [0.15, 0.2) is 18.3 Å². The molecule has 0 spiro atoms. The molecule has 1 amide bonds. The van der Waals surface area contributed by atoms with Crippen LogP contribution in [0.25, 0.3) is 0 Å². The largest absolute Gasteiger partial charge is 0.314 e. The Bertz CT molecular complexity index is 246. The lowest BCUT2D eigenvalue weighted by Gasteiger charge is -2.12. The summed E-state index contributed by atoms with van der Waals surface area (Å²) in [7, 11) is 1.69. The van der Waals surface area contributed by atoms with Crippen LogP contribution in [0.3, 0.4) is 0 Å². The summed E-state index contributed by atoms with van der Waals surface area (Å²) >= 11 is 0. The number of hydrogen-bond donors (Lipinski definition) is 0. The zero-order valence-corrected chi connectivity index (χ0v) is 6.53. The smallest absolute Gasteiger partial charge is 0.223 e. The van der Waals surface area contributed by atoms with Crippen LogP contribution in [0, 0.1) is 6.20 Å². The second-order valence-electron chi connectivity index (χ2n) is 2.21. The van der Waals surface area contributed by atoms with Crippen LogP contribution >= 0.6 is 0 Å². The van der Waals surface area contributed by atoms with Crippen molar-refractivity contribution in [2.75, 3.05) is 11.9 Å². The van der Waals surface area contributed by atoms with Crippen molar-refractivity contribution >= 4 is 11.6 Å². The fourth-order valence-corrected chi connectivity index (χ4v) is 0.674. The first-order valence-corrected chi connectivity index (χ1v) is 3.29. The summed E-state index contributed by atoms with van der Waals surface area (Å²) in [5.74, 6) is -0.0192. The number of hydrogen-bond acceptors (Lipinski definition) is 2. The molecule has 0 fully saturated rings. The van der Waals surface area contributed by atoms with Crippen LogP contribution in [-0.2, 0) is 4.79 Å². The van der Waals surface area contributed by atoms with Gasteiger partial charge >= 0.3 is 0 Å². The molecule has 0 aromatic carbocycles. The summed E-state index contributed by atoms with van der Waals surface area (Å²) in [5, 5.41) is 0. The average molecular weight is 149 g/mol. The molecule has 1 aromatic rings. The van der Waals surface area contributed by atoms with Crippen LogP contribution in [0.5, 0.6) is 0 Å². The van der Waals surface area contributed by atoms with E-state index in [1.165, 1.54) is 11.8 Å². The summed E-state index contributed by atoms with van der Waals surface area (Å²) in [4.78, 5) is 16.1. The van der Waals surface area contributed by atoms with Gasteiger partial charge in [0.25, 0.3) is 0 Å². The van der Waals surface area contributed by atoms with E-state index in [1.54, 1.807) is 25.4 Å². The molecule has 1 rings (SSSR count). The third-order valence-corrected chi connectivity index (χ3v) is 1.43. The van der Waals surface area contributed by atoms with Crippen LogP contribution in [-0.4, -0.2) is 17.9 Å². The van der Waals surface area contributed by atoms with Gasteiger partial charge in [-0.1, -0.05) is 0 Å². The molecule has 0 unspecified atom stereocenters. The second-order valence-corrected chi connectivity index (χ2v) is 2.21. The topological polar surface area (TPSA) is 33.2 Å². The molecule has 0 saturated carbocycles. The highest BCUT2D eigenvalue weighted by Gasteiger charge is 2.03. The number of aromatic nitrogens is 1. The molecule has 3 nitrogen and oxygen atoms in total. The lowest BCUT2D eigenvalue weighted by atomic mass is 10.4. The van der Waals surface area contributed by atoms with Gasteiger partial charge in [-0.3, -0.25) is 9.78 Å². The zero-order chi connectivity index (χ0) is 8.27. The Morgan fingerprint density at radius 2 is 2.45 bits per heavy atom. The predicted molar refractivity (Wildman–Crippen MR) is 42.2 cm³/mol. The monoisotopic (exact) mass is 149 g/mol. The van der Waals surface area contributed by atoms with E-state index in [1.807, 2.05) is 0 Å². The Labute approximate surface area is 65.7 Å². The SMILES string of the molecule is CC(=O)N(C)c1[c]nccc1. The molecule has 0 N–H and O–H groups in total. The standard InChI is InChI=1S/C8H9N2O/c1-7(11)10(2)8-4-3-5-9-6-8/h3-5H,1-2H3. The fraction of sp³-hybridized carbons (Fsp3) is 0.250. The first kappa shape index (κ1) is 7.72. The van der Waals surface area contributed by atoms with E-state index in [4.69, 9.17) is 0 Å². The van der Waals surface area contributed by atoms with Gasteiger partial charge in [0.1, 0.15) is 6.20 Å². The summed E-state index contributed by atoms with van der Waals surface area (Å²) in [6.07, 6.45) is 4.33. The number of nitrogens with zero attached hydrogens (tertiary/aromatic N) is 2. The first-order chi connectivity index (χ1) is 5.22. The third kappa shape index (κ3) is 1.77. The first-order valence-electron chi connectivity index (χ1n) is 3.29. The molecule has 57 valence electrons. The van der Waals surface area contributed by atoms with Crippen LogP contribution in [0.1, 0.15) is 6.92 Å². The van der Waals surface area contributed by atoms with Crippen molar-refractivity contribution in [3.05, 3.63) is 24.5 Å². The maximum absolute atomic E-state index is 10.8. The lowest BCUT2D eigenvalue weighted by molar-refractivity contribution is -0.116. The van der Waals surface area contributed by atoms with Crippen molar-refractivity contribution in [2.45, 2.75) is 6.92 Å². The van der Waals surface area contributed by atoms with Gasteiger partial charge in [-0.2, -0.15) is 0 Å². The fourth-order valence-electron chi connectivity index (χ4n) is 0.674. The Balaban J connectivity index is 2.85. The number of carbonyl (C=O) groups is 1. The maximum atomic E-state index is 10.8. The highest BCUT2D eigenvalue weighted by atomic mass is 16.2. The molecule has 0 aliphatic heterocycles. The van der Waals surface area contributed by atoms with Crippen molar-refractivity contribution < 1.29 is 4.79 Å². The van der Waals surface area contributed by atoms with Gasteiger partial charge in [0.05, 0.1) is 5.69 Å². The maximum Gasteiger partial charge on any atom is 0.223 e. The van der Waals surface area contributed by atoms with Crippen LogP contribution in [0.2, 0.25) is 0 Å². The molecule has 3 heteroatoms. The minimum atomic E-state index is -0.0192. The van der Waals surface area contributed by atoms with Crippen LogP contribution < -0.4 is 4.90 Å². The molecular weight excluding hydrogens is 140 g/mol. The molecule has 1 aromatic heterocycles. The Kier molecular flexibility index (Phi) is 2.21. The quantitative estimate of drug-likeness (QED) is 0.593. The Morgan fingerprint density at radius 3 is 2.91 bits per heavy atom. The molecule has 1 heterocycles. The van der Waals surface area contributed by atoms with Crippen molar-refractivity contribution in [2.24, 2.45) is 0 Å². The predicted octanol–water partition coefficient (Wildman–Crippen LogP) is 0.864. The van der Waals surface area contributed by atoms with Crippen molar-refractivity contribution in [3.8, 4) is 0 Å². The van der Waals surface area contributed by atoms with E-state index < -0.39 is 0 Å². The molecule has 0 aliphatic carbocycles. The van der Waals surface area contributed by atoms with E-state index >= 15 is 0 Å². The van der Waals surface area contributed by atoms with E-state index in [0.717, 1.165) is 0 Å². The van der Waals surface area contributed by atoms with Gasteiger partial charge in [0, 0.05) is 20.2 Å². The Hall–Kier alpha value is -1.38. The van der Waals surface area contributed by atoms with Gasteiger partial charge in [0.2, 0.25) is 5.91 Å². The highest BCUT2D eigenvalue weighted by molar-refractivity contribution is 5.90. The van der Waals surface area contributed by atoms with E-state index in [2.05, 4.69) is 11.2 Å². The van der Waals surface area contributed by atoms with Crippen molar-refractivity contribution in [1.82, 2.24) is 4.98 Å². The second kappa shape index (κ2) is 3.14. The molecule has 11 heavy (non-hydrogen) atoms. The van der Waals surface area contributed by atoms with Gasteiger partial charge in [-0.05, 0) is 12.1 Å². The Morgan fingerprint density at radius 1 is 1.73 bits per heavy atom. The van der Waals surface area contributed by atoms with Crippen molar-refractivity contribution in [3.63, 3.8) is 0 Å². The molecule has 0 bridgehead atoms. The van der Waals surface area contributed by atoms with Gasteiger partial charge in [-0.25, -0.2) is 0 Å². The lowest BCUT2D eigenvalue weighted by Crippen LogP contribution is -2.22. The summed E-state index contributed by atoms with van der Waals surface area (Å²) in [6, 6.07) is 3.56. The number of pyridine rings is 1. The van der Waals surface area contributed by atoms with E-state index in [0.29, 0.717) is 5.69 Å². The van der Waals surface area contributed by atoms with Gasteiger partial charge in [-0.15, -0.1) is 0 Å². The minimum Gasteiger partial charge on any atom is -0.314 e. The number of carbonyl (C=O) groups excluding carboxylic acids is 1. The average Bonchev–Trinajstić information content (AvgIpc) is 2.05. The molecular formula is C8H9N2O. The molecule has 0 saturated heterocycles. The van der Waals surface area contributed by atoms with E-state index in [-0.39, 0.29) is 5.91 Å². The third-order valence-electron chi connectivity index (χ3n) is 1.43. The molecule has 1 radical (unpaired) electrons. The van der Waals surface area contributed by atoms with E-state index in [9.17, 15) is 4.79 Å². The minimum absolute atomic E-state index is 0.0192. The molecule has 0 aliphatic rings. The normalized spacial score (nSPS) is 9.27. The summed E-state index contributed by atoms with van der Waals surface area (Å²) < 4.78 is 0. The molecule has 0 atom stereocenters. The summed E-state index contributed by atoms with van der Waals surface area (Å²) in [5.41, 5.74) is 0.694. The van der Waals surface area contributed by atoms with Crippen molar-refractivity contribution in [1.29, 1.82) is 0 Å². The number of rotatable bonds is 1. The number of anilines is 1. The zero-order valence-electron chi connectivity index (χ0n) is 6.53. The van der Waals surface area contributed by atoms with Gasteiger partial charge < -0.3 is 4.90 Å². The summed E-state index contributed by atoms with van der Waals surface area (Å²) in [6.45, 7) is 1.50. The van der Waals surface area contributed by atoms with Gasteiger partial charge in [0.15, 0.2) is 0 Å². The van der Waals surface area contributed by atoms with Crippen LogP contribution in [0.4, 0.5) is 5.69 Å². The number of amides is 1. The highest BCUT2D eigenvalue weighted by Crippen LogP contribution is 2.07.